The van der Waals surface area contributed by atoms with Gasteiger partial charge < -0.3 is 10.5 Å². The molecule has 2 N–H and O–H groups in total. The maximum Gasteiger partial charge on any atom is 0.138 e. The SMILES string of the molecule is Nc1ccc(COc2cccnc2)cc1Cl. The molecule has 0 saturated heterocycles. The Morgan fingerprint density at radius 2 is 2.19 bits per heavy atom. The number of nitrogen functional groups attached to an aromatic ring is 1. The van der Waals surface area contributed by atoms with Crippen LogP contribution in [0.15, 0.2) is 42.7 Å². The first-order valence-corrected chi connectivity index (χ1v) is 5.20. The second kappa shape index (κ2) is 4.86. The van der Waals surface area contributed by atoms with Crippen molar-refractivity contribution in [3.05, 3.63) is 53.3 Å². The van der Waals surface area contributed by atoms with Crippen LogP contribution in [0.5, 0.6) is 5.75 Å². The molecule has 1 aromatic heterocycles. The van der Waals surface area contributed by atoms with Crippen LogP contribution in [0.3, 0.4) is 0 Å². The van der Waals surface area contributed by atoms with Crippen molar-refractivity contribution in [3.63, 3.8) is 0 Å². The van der Waals surface area contributed by atoms with Crippen LogP contribution in [0, 0.1) is 0 Å². The van der Waals surface area contributed by atoms with Crippen LogP contribution in [-0.2, 0) is 6.61 Å². The predicted molar refractivity (Wildman–Crippen MR) is 64.4 cm³/mol. The average Bonchev–Trinajstić information content (AvgIpc) is 2.32. The van der Waals surface area contributed by atoms with E-state index >= 15 is 0 Å². The Bertz CT molecular complexity index is 474. The fraction of sp³-hybridized carbons (Fsp3) is 0.0833. The summed E-state index contributed by atoms with van der Waals surface area (Å²) in [6.45, 7) is 0.450. The Labute approximate surface area is 98.8 Å². The van der Waals surface area contributed by atoms with Crippen molar-refractivity contribution >= 4 is 17.3 Å². The summed E-state index contributed by atoms with van der Waals surface area (Å²) < 4.78 is 5.52. The molecule has 0 fully saturated rings. The molecule has 2 rings (SSSR count). The predicted octanol–water partition coefficient (Wildman–Crippen LogP) is 2.90. The van der Waals surface area contributed by atoms with Gasteiger partial charge in [0.1, 0.15) is 12.4 Å². The molecule has 2 aromatic rings. The van der Waals surface area contributed by atoms with Crippen molar-refractivity contribution in [2.75, 3.05) is 5.73 Å². The first-order valence-electron chi connectivity index (χ1n) is 4.82. The third-order valence-electron chi connectivity index (χ3n) is 2.10. The lowest BCUT2D eigenvalue weighted by Crippen LogP contribution is -1.96. The molecular weight excluding hydrogens is 224 g/mol. The van der Waals surface area contributed by atoms with Gasteiger partial charge in [0.25, 0.3) is 0 Å². The summed E-state index contributed by atoms with van der Waals surface area (Å²) in [5, 5.41) is 0.548. The van der Waals surface area contributed by atoms with E-state index in [1.807, 2.05) is 18.2 Å². The van der Waals surface area contributed by atoms with Gasteiger partial charge in [0.15, 0.2) is 0 Å². The molecule has 0 saturated carbocycles. The number of nitrogens with two attached hydrogens (primary N) is 1. The Hall–Kier alpha value is -1.74. The standard InChI is InChI=1S/C12H11ClN2O/c13-11-6-9(3-4-12(11)14)8-16-10-2-1-5-15-7-10/h1-7H,8,14H2. The Balaban J connectivity index is 2.03. The highest BCUT2D eigenvalue weighted by Gasteiger charge is 1.99. The molecule has 1 aromatic carbocycles. The number of pyridine rings is 1. The molecule has 0 aliphatic carbocycles. The van der Waals surface area contributed by atoms with E-state index in [4.69, 9.17) is 22.1 Å². The minimum absolute atomic E-state index is 0.450. The molecule has 0 amide bonds. The number of ether oxygens (including phenoxy) is 1. The fourth-order valence-corrected chi connectivity index (χ4v) is 1.46. The Morgan fingerprint density at radius 3 is 2.88 bits per heavy atom. The third-order valence-corrected chi connectivity index (χ3v) is 2.43. The monoisotopic (exact) mass is 234 g/mol. The summed E-state index contributed by atoms with van der Waals surface area (Å²) in [5.74, 6) is 0.732. The molecule has 16 heavy (non-hydrogen) atoms. The summed E-state index contributed by atoms with van der Waals surface area (Å²) in [5.41, 5.74) is 7.16. The van der Waals surface area contributed by atoms with Gasteiger partial charge in [0.05, 0.1) is 16.9 Å². The van der Waals surface area contributed by atoms with E-state index in [1.165, 1.54) is 0 Å². The van der Waals surface area contributed by atoms with Gasteiger partial charge in [-0.05, 0) is 29.8 Å². The zero-order chi connectivity index (χ0) is 11.4. The molecule has 0 unspecified atom stereocenters. The van der Waals surface area contributed by atoms with Gasteiger partial charge in [-0.15, -0.1) is 0 Å². The molecule has 0 aliphatic rings. The number of benzene rings is 1. The highest BCUT2D eigenvalue weighted by molar-refractivity contribution is 6.33. The van der Waals surface area contributed by atoms with E-state index in [-0.39, 0.29) is 0 Å². The first-order chi connectivity index (χ1) is 7.75. The van der Waals surface area contributed by atoms with Gasteiger partial charge in [0, 0.05) is 6.20 Å². The number of rotatable bonds is 3. The van der Waals surface area contributed by atoms with Crippen molar-refractivity contribution in [1.82, 2.24) is 4.98 Å². The van der Waals surface area contributed by atoms with E-state index in [1.54, 1.807) is 24.5 Å². The van der Waals surface area contributed by atoms with Crippen molar-refractivity contribution < 1.29 is 4.74 Å². The summed E-state index contributed by atoms with van der Waals surface area (Å²) >= 11 is 5.90. The van der Waals surface area contributed by atoms with Gasteiger partial charge in [-0.3, -0.25) is 4.98 Å². The molecule has 0 radical (unpaired) electrons. The van der Waals surface area contributed by atoms with Crippen molar-refractivity contribution in [3.8, 4) is 5.75 Å². The van der Waals surface area contributed by atoms with Gasteiger partial charge in [-0.1, -0.05) is 17.7 Å². The smallest absolute Gasteiger partial charge is 0.138 e. The molecule has 1 heterocycles. The zero-order valence-electron chi connectivity index (χ0n) is 8.56. The zero-order valence-corrected chi connectivity index (χ0v) is 9.32. The minimum atomic E-state index is 0.450. The Morgan fingerprint density at radius 1 is 1.31 bits per heavy atom. The van der Waals surface area contributed by atoms with Crippen molar-refractivity contribution in [2.45, 2.75) is 6.61 Å². The quantitative estimate of drug-likeness (QED) is 0.831. The number of anilines is 1. The number of hydrogen-bond acceptors (Lipinski definition) is 3. The summed E-state index contributed by atoms with van der Waals surface area (Å²) in [6, 6.07) is 9.13. The van der Waals surface area contributed by atoms with Gasteiger partial charge in [-0.25, -0.2) is 0 Å². The second-order valence-corrected chi connectivity index (χ2v) is 3.74. The van der Waals surface area contributed by atoms with Gasteiger partial charge >= 0.3 is 0 Å². The van der Waals surface area contributed by atoms with E-state index in [2.05, 4.69) is 4.98 Å². The Kier molecular flexibility index (Phi) is 3.27. The van der Waals surface area contributed by atoms with E-state index in [0.29, 0.717) is 17.3 Å². The average molecular weight is 235 g/mol. The molecule has 82 valence electrons. The van der Waals surface area contributed by atoms with Crippen molar-refractivity contribution in [1.29, 1.82) is 0 Å². The van der Waals surface area contributed by atoms with Gasteiger partial charge in [0.2, 0.25) is 0 Å². The lowest BCUT2D eigenvalue weighted by Gasteiger charge is -2.06. The van der Waals surface area contributed by atoms with Crippen molar-refractivity contribution in [2.24, 2.45) is 0 Å². The number of aromatic nitrogens is 1. The lowest BCUT2D eigenvalue weighted by molar-refractivity contribution is 0.305. The molecule has 3 nitrogen and oxygen atoms in total. The van der Waals surface area contributed by atoms with E-state index in [0.717, 1.165) is 11.3 Å². The van der Waals surface area contributed by atoms with Crippen LogP contribution in [0.4, 0.5) is 5.69 Å². The van der Waals surface area contributed by atoms with Crippen LogP contribution < -0.4 is 10.5 Å². The topological polar surface area (TPSA) is 48.1 Å². The maximum absolute atomic E-state index is 5.90. The second-order valence-electron chi connectivity index (χ2n) is 3.33. The van der Waals surface area contributed by atoms with Gasteiger partial charge in [-0.2, -0.15) is 0 Å². The van der Waals surface area contributed by atoms with Crippen LogP contribution in [-0.4, -0.2) is 4.98 Å². The minimum Gasteiger partial charge on any atom is -0.487 e. The summed E-state index contributed by atoms with van der Waals surface area (Å²) in [4.78, 5) is 3.96. The largest absolute Gasteiger partial charge is 0.487 e. The lowest BCUT2D eigenvalue weighted by atomic mass is 10.2. The fourth-order valence-electron chi connectivity index (χ4n) is 1.26. The normalized spacial score (nSPS) is 10.1. The van der Waals surface area contributed by atoms with Crippen LogP contribution >= 0.6 is 11.6 Å². The highest BCUT2D eigenvalue weighted by atomic mass is 35.5. The molecule has 0 spiro atoms. The number of nitrogens with zero attached hydrogens (tertiary/aromatic N) is 1. The van der Waals surface area contributed by atoms with E-state index < -0.39 is 0 Å². The third kappa shape index (κ3) is 2.64. The van der Waals surface area contributed by atoms with Crippen LogP contribution in [0.1, 0.15) is 5.56 Å². The highest BCUT2D eigenvalue weighted by Crippen LogP contribution is 2.20. The van der Waals surface area contributed by atoms with Crippen LogP contribution in [0.2, 0.25) is 5.02 Å². The summed E-state index contributed by atoms with van der Waals surface area (Å²) in [6.07, 6.45) is 3.37. The molecule has 0 atom stereocenters. The number of hydrogen-bond donors (Lipinski definition) is 1. The molecule has 4 heteroatoms. The van der Waals surface area contributed by atoms with Crippen LogP contribution in [0.25, 0.3) is 0 Å². The molecular formula is C12H11ClN2O. The molecule has 0 bridgehead atoms. The number of halogens is 1. The first kappa shape index (κ1) is 10.8. The molecule has 0 aliphatic heterocycles. The summed E-state index contributed by atoms with van der Waals surface area (Å²) in [7, 11) is 0. The maximum atomic E-state index is 5.90. The van der Waals surface area contributed by atoms with E-state index in [9.17, 15) is 0 Å².